The van der Waals surface area contributed by atoms with Gasteiger partial charge in [-0.05, 0) is 18.2 Å². The van der Waals surface area contributed by atoms with Crippen molar-refractivity contribution in [1.29, 1.82) is 5.26 Å². The molecular formula is C14H6BrClF3N3. The van der Waals surface area contributed by atoms with Crippen molar-refractivity contribution >= 4 is 49.5 Å². The zero-order valence-electron chi connectivity index (χ0n) is 10.7. The highest BCUT2D eigenvalue weighted by Gasteiger charge is 2.31. The summed E-state index contributed by atoms with van der Waals surface area (Å²) in [5.74, 6) is 0. The highest BCUT2D eigenvalue weighted by molar-refractivity contribution is 9.10. The lowest BCUT2D eigenvalue weighted by Crippen LogP contribution is -2.17. The number of aromatic nitrogens is 2. The van der Waals surface area contributed by atoms with Crippen LogP contribution in [0.3, 0.4) is 0 Å². The van der Waals surface area contributed by atoms with Crippen molar-refractivity contribution in [2.75, 3.05) is 0 Å². The third kappa shape index (κ3) is 2.42. The van der Waals surface area contributed by atoms with E-state index < -0.39 is 12.7 Å². The average molecular weight is 389 g/mol. The first kappa shape index (κ1) is 15.1. The molecule has 2 heterocycles. The predicted octanol–water partition coefficient (Wildman–Crippen LogP) is 5.04. The average Bonchev–Trinajstić information content (AvgIpc) is 2.72. The Kier molecular flexibility index (Phi) is 3.54. The van der Waals surface area contributed by atoms with Gasteiger partial charge in [0.2, 0.25) is 0 Å². The second-order valence-electron chi connectivity index (χ2n) is 4.66. The zero-order valence-corrected chi connectivity index (χ0v) is 13.1. The largest absolute Gasteiger partial charge is 0.406 e. The molecule has 0 aliphatic rings. The molecule has 0 unspecified atom stereocenters. The Morgan fingerprint density at radius 3 is 2.73 bits per heavy atom. The van der Waals surface area contributed by atoms with E-state index in [4.69, 9.17) is 16.9 Å². The van der Waals surface area contributed by atoms with Crippen LogP contribution in [0, 0.1) is 11.3 Å². The minimum absolute atomic E-state index is 0.0240. The third-order valence-electron chi connectivity index (χ3n) is 3.22. The Hall–Kier alpha value is -1.78. The van der Waals surface area contributed by atoms with E-state index in [1.807, 2.05) is 6.07 Å². The van der Waals surface area contributed by atoms with E-state index in [2.05, 4.69) is 20.9 Å². The van der Waals surface area contributed by atoms with E-state index in [0.717, 1.165) is 4.57 Å². The molecule has 0 atom stereocenters. The Balaban J connectivity index is 2.49. The second kappa shape index (κ2) is 5.14. The van der Waals surface area contributed by atoms with Crippen LogP contribution < -0.4 is 0 Å². The van der Waals surface area contributed by atoms with Gasteiger partial charge in [-0.25, -0.2) is 0 Å². The van der Waals surface area contributed by atoms with Crippen molar-refractivity contribution in [2.24, 2.45) is 0 Å². The predicted molar refractivity (Wildman–Crippen MR) is 80.7 cm³/mol. The molecule has 0 bridgehead atoms. The van der Waals surface area contributed by atoms with Crippen molar-refractivity contribution in [3.05, 3.63) is 39.5 Å². The van der Waals surface area contributed by atoms with Crippen LogP contribution in [0.1, 0.15) is 5.56 Å². The summed E-state index contributed by atoms with van der Waals surface area (Å²) < 4.78 is 40.5. The molecule has 1 aromatic carbocycles. The van der Waals surface area contributed by atoms with Gasteiger partial charge in [-0.2, -0.15) is 18.4 Å². The van der Waals surface area contributed by atoms with E-state index in [-0.39, 0.29) is 16.1 Å². The van der Waals surface area contributed by atoms with E-state index in [1.54, 1.807) is 18.2 Å². The smallest absolute Gasteiger partial charge is 0.329 e. The SMILES string of the molecule is N#Cc1cnc2c3cc(Br)ccc3n(CC(F)(F)F)c2c1Cl. The molecule has 0 fully saturated rings. The summed E-state index contributed by atoms with van der Waals surface area (Å²) in [5.41, 5.74) is 0.857. The molecule has 0 saturated heterocycles. The summed E-state index contributed by atoms with van der Waals surface area (Å²) >= 11 is 9.42. The fraction of sp³-hybridized carbons (Fsp3) is 0.143. The number of hydrogen-bond acceptors (Lipinski definition) is 2. The Bertz CT molecular complexity index is 941. The maximum Gasteiger partial charge on any atom is 0.406 e. The van der Waals surface area contributed by atoms with Crippen molar-refractivity contribution in [2.45, 2.75) is 12.7 Å². The summed E-state index contributed by atoms with van der Waals surface area (Å²) in [5, 5.41) is 9.52. The molecule has 8 heteroatoms. The first-order valence-corrected chi connectivity index (χ1v) is 7.21. The molecule has 3 rings (SSSR count). The summed E-state index contributed by atoms with van der Waals surface area (Å²) in [4.78, 5) is 4.12. The quantitative estimate of drug-likeness (QED) is 0.586. The minimum atomic E-state index is -4.42. The molecule has 0 N–H and O–H groups in total. The fourth-order valence-electron chi connectivity index (χ4n) is 2.40. The number of rotatable bonds is 1. The Morgan fingerprint density at radius 1 is 1.36 bits per heavy atom. The lowest BCUT2D eigenvalue weighted by Gasteiger charge is -2.11. The van der Waals surface area contributed by atoms with Crippen LogP contribution in [0.15, 0.2) is 28.9 Å². The van der Waals surface area contributed by atoms with Gasteiger partial charge >= 0.3 is 6.18 Å². The Morgan fingerprint density at radius 2 is 2.09 bits per heavy atom. The normalized spacial score (nSPS) is 12.0. The van der Waals surface area contributed by atoms with E-state index in [0.29, 0.717) is 20.9 Å². The fourth-order valence-corrected chi connectivity index (χ4v) is 3.04. The molecule has 3 aromatic rings. The van der Waals surface area contributed by atoms with Crippen LogP contribution in [0.5, 0.6) is 0 Å². The van der Waals surface area contributed by atoms with E-state index in [1.165, 1.54) is 6.20 Å². The molecule has 112 valence electrons. The number of nitrogens with zero attached hydrogens (tertiary/aromatic N) is 3. The topological polar surface area (TPSA) is 41.6 Å². The molecule has 0 radical (unpaired) electrons. The zero-order chi connectivity index (χ0) is 16.1. The van der Waals surface area contributed by atoms with Crippen LogP contribution in [0.4, 0.5) is 13.2 Å². The molecule has 22 heavy (non-hydrogen) atoms. The van der Waals surface area contributed by atoms with Gasteiger partial charge in [0.05, 0.1) is 27.1 Å². The number of halogens is 5. The van der Waals surface area contributed by atoms with Crippen molar-refractivity contribution in [1.82, 2.24) is 9.55 Å². The molecule has 0 spiro atoms. The highest BCUT2D eigenvalue weighted by Crippen LogP contribution is 2.36. The third-order valence-corrected chi connectivity index (χ3v) is 4.10. The molecule has 0 aliphatic carbocycles. The number of benzene rings is 1. The molecule has 3 nitrogen and oxygen atoms in total. The summed E-state index contributed by atoms with van der Waals surface area (Å²) in [6.45, 7) is -1.20. The monoisotopic (exact) mass is 387 g/mol. The number of alkyl halides is 3. The molecule has 2 aromatic heterocycles. The lowest BCUT2D eigenvalue weighted by atomic mass is 10.2. The van der Waals surface area contributed by atoms with Crippen LogP contribution >= 0.6 is 27.5 Å². The maximum atomic E-state index is 12.9. The highest BCUT2D eigenvalue weighted by atomic mass is 79.9. The van der Waals surface area contributed by atoms with Gasteiger partial charge in [0.1, 0.15) is 12.6 Å². The molecule has 0 amide bonds. The molecule has 0 aliphatic heterocycles. The van der Waals surface area contributed by atoms with Gasteiger partial charge in [0, 0.05) is 16.1 Å². The standard InChI is InChI=1S/C14H6BrClF3N3/c15-8-1-2-10-9(3-8)12-13(22(10)6-14(17,18)19)11(16)7(4-20)5-21-12/h1-3,5H,6H2. The maximum absolute atomic E-state index is 12.9. The van der Waals surface area contributed by atoms with Gasteiger partial charge in [-0.3, -0.25) is 4.98 Å². The van der Waals surface area contributed by atoms with Crippen LogP contribution in [0.25, 0.3) is 21.9 Å². The van der Waals surface area contributed by atoms with Crippen LogP contribution in [-0.2, 0) is 6.54 Å². The second-order valence-corrected chi connectivity index (χ2v) is 5.95. The summed E-state index contributed by atoms with van der Waals surface area (Å²) in [7, 11) is 0. The van der Waals surface area contributed by atoms with Crippen LogP contribution in [-0.4, -0.2) is 15.7 Å². The molecular weight excluding hydrogens is 383 g/mol. The van der Waals surface area contributed by atoms with Gasteiger partial charge in [-0.1, -0.05) is 27.5 Å². The van der Waals surface area contributed by atoms with Gasteiger partial charge in [0.25, 0.3) is 0 Å². The molecule has 0 saturated carbocycles. The summed E-state index contributed by atoms with van der Waals surface area (Å²) in [6, 6.07) is 6.73. The summed E-state index contributed by atoms with van der Waals surface area (Å²) in [6.07, 6.45) is -3.15. The van der Waals surface area contributed by atoms with Crippen LogP contribution in [0.2, 0.25) is 5.02 Å². The lowest BCUT2D eigenvalue weighted by molar-refractivity contribution is -0.139. The van der Waals surface area contributed by atoms with Gasteiger partial charge in [0.15, 0.2) is 0 Å². The number of nitriles is 1. The Labute approximate surface area is 136 Å². The van der Waals surface area contributed by atoms with Crippen molar-refractivity contribution in [3.8, 4) is 6.07 Å². The van der Waals surface area contributed by atoms with E-state index in [9.17, 15) is 13.2 Å². The van der Waals surface area contributed by atoms with Crippen molar-refractivity contribution < 1.29 is 13.2 Å². The first-order valence-electron chi connectivity index (χ1n) is 6.04. The minimum Gasteiger partial charge on any atom is -0.329 e. The van der Waals surface area contributed by atoms with E-state index >= 15 is 0 Å². The van der Waals surface area contributed by atoms with Gasteiger partial charge in [-0.15, -0.1) is 0 Å². The number of fused-ring (bicyclic) bond motifs is 3. The van der Waals surface area contributed by atoms with Crippen molar-refractivity contribution in [3.63, 3.8) is 0 Å². The van der Waals surface area contributed by atoms with Gasteiger partial charge < -0.3 is 4.57 Å². The first-order chi connectivity index (χ1) is 10.3. The number of pyridine rings is 1. The number of hydrogen-bond donors (Lipinski definition) is 0.